The van der Waals surface area contributed by atoms with E-state index in [2.05, 4.69) is 34.6 Å². The minimum atomic E-state index is 0.704. The lowest BCUT2D eigenvalue weighted by Crippen LogP contribution is -2.14. The number of nitrogens with one attached hydrogen (secondary N) is 1. The van der Waals surface area contributed by atoms with Gasteiger partial charge < -0.3 is 9.73 Å². The second kappa shape index (κ2) is 4.76. The maximum absolute atomic E-state index is 5.91. The molecule has 0 bridgehead atoms. The second-order valence-corrected chi connectivity index (χ2v) is 5.33. The molecule has 20 heavy (non-hydrogen) atoms. The molecule has 3 nitrogen and oxygen atoms in total. The van der Waals surface area contributed by atoms with Crippen LogP contribution in [0.2, 0.25) is 0 Å². The van der Waals surface area contributed by atoms with Crippen molar-refractivity contribution in [3.05, 3.63) is 54.4 Å². The monoisotopic (exact) mass is 264 g/mol. The van der Waals surface area contributed by atoms with E-state index in [-0.39, 0.29) is 0 Å². The standard InChI is InChI=1S/C17H16N2O/c1-2-12-10-13(3-7-16(12)18-9-1)17-8-6-15(20-17)11-19-14-4-5-14/h1-3,6-10,14,19H,4-5,11H2. The molecule has 0 amide bonds. The van der Waals surface area contributed by atoms with Crippen molar-refractivity contribution < 1.29 is 4.42 Å². The lowest BCUT2D eigenvalue weighted by molar-refractivity contribution is 0.492. The van der Waals surface area contributed by atoms with Gasteiger partial charge in [-0.3, -0.25) is 4.98 Å². The molecule has 0 spiro atoms. The normalized spacial score (nSPS) is 14.8. The molecule has 2 aromatic heterocycles. The predicted octanol–water partition coefficient (Wildman–Crippen LogP) is 3.75. The van der Waals surface area contributed by atoms with Crippen molar-refractivity contribution in [3.63, 3.8) is 0 Å². The fourth-order valence-corrected chi connectivity index (χ4v) is 2.39. The molecule has 0 radical (unpaired) electrons. The molecule has 1 aromatic carbocycles. The van der Waals surface area contributed by atoms with Gasteiger partial charge in [-0.1, -0.05) is 6.07 Å². The van der Waals surface area contributed by atoms with E-state index in [4.69, 9.17) is 4.42 Å². The van der Waals surface area contributed by atoms with Crippen LogP contribution in [0.15, 0.2) is 53.1 Å². The predicted molar refractivity (Wildman–Crippen MR) is 79.3 cm³/mol. The Morgan fingerprint density at radius 2 is 2.10 bits per heavy atom. The number of pyridine rings is 1. The van der Waals surface area contributed by atoms with Crippen molar-refractivity contribution >= 4 is 10.9 Å². The van der Waals surface area contributed by atoms with Crippen LogP contribution in [0.5, 0.6) is 0 Å². The molecule has 1 saturated carbocycles. The smallest absolute Gasteiger partial charge is 0.134 e. The molecular formula is C17H16N2O. The van der Waals surface area contributed by atoms with E-state index >= 15 is 0 Å². The highest BCUT2D eigenvalue weighted by atomic mass is 16.3. The molecule has 0 unspecified atom stereocenters. The third kappa shape index (κ3) is 2.32. The van der Waals surface area contributed by atoms with Crippen LogP contribution in [-0.2, 0) is 6.54 Å². The highest BCUT2D eigenvalue weighted by molar-refractivity contribution is 5.83. The summed E-state index contributed by atoms with van der Waals surface area (Å²) in [6, 6.07) is 15.1. The maximum Gasteiger partial charge on any atom is 0.134 e. The third-order valence-electron chi connectivity index (χ3n) is 3.69. The molecule has 4 rings (SSSR count). The number of nitrogens with zero attached hydrogens (tertiary/aromatic N) is 1. The molecule has 1 aliphatic carbocycles. The molecule has 3 heteroatoms. The minimum Gasteiger partial charge on any atom is -0.460 e. The number of rotatable bonds is 4. The van der Waals surface area contributed by atoms with Crippen LogP contribution >= 0.6 is 0 Å². The Hall–Kier alpha value is -2.13. The lowest BCUT2D eigenvalue weighted by Gasteiger charge is -2.01. The van der Waals surface area contributed by atoms with Crippen LogP contribution in [0, 0.1) is 0 Å². The Labute approximate surface area is 117 Å². The van der Waals surface area contributed by atoms with Gasteiger partial charge in [0.05, 0.1) is 12.1 Å². The van der Waals surface area contributed by atoms with Crippen LogP contribution < -0.4 is 5.32 Å². The van der Waals surface area contributed by atoms with Gasteiger partial charge in [-0.05, 0) is 49.2 Å². The largest absolute Gasteiger partial charge is 0.460 e. The first-order chi connectivity index (χ1) is 9.88. The SMILES string of the molecule is c1cnc2ccc(-c3ccc(CNC4CC4)o3)cc2c1. The van der Waals surface area contributed by atoms with Crippen molar-refractivity contribution in [2.24, 2.45) is 0 Å². The van der Waals surface area contributed by atoms with Crippen LogP contribution in [0.3, 0.4) is 0 Å². The van der Waals surface area contributed by atoms with Gasteiger partial charge in [-0.25, -0.2) is 0 Å². The number of fused-ring (bicyclic) bond motifs is 1. The highest BCUT2D eigenvalue weighted by Crippen LogP contribution is 2.26. The summed E-state index contributed by atoms with van der Waals surface area (Å²) in [6.07, 6.45) is 4.41. The maximum atomic E-state index is 5.91. The molecule has 0 atom stereocenters. The van der Waals surface area contributed by atoms with E-state index in [9.17, 15) is 0 Å². The summed E-state index contributed by atoms with van der Waals surface area (Å²) < 4.78 is 5.91. The van der Waals surface area contributed by atoms with Gasteiger partial charge in [-0.15, -0.1) is 0 Å². The van der Waals surface area contributed by atoms with E-state index in [1.165, 1.54) is 12.8 Å². The van der Waals surface area contributed by atoms with Crippen molar-refractivity contribution in [2.75, 3.05) is 0 Å². The Morgan fingerprint density at radius 3 is 3.00 bits per heavy atom. The van der Waals surface area contributed by atoms with Gasteiger partial charge in [0.15, 0.2) is 0 Å². The Bertz CT molecular complexity index is 743. The summed E-state index contributed by atoms with van der Waals surface area (Å²) in [6.45, 7) is 0.819. The summed E-state index contributed by atoms with van der Waals surface area (Å²) >= 11 is 0. The van der Waals surface area contributed by atoms with E-state index in [1.807, 2.05) is 24.4 Å². The Kier molecular flexibility index (Phi) is 2.78. The topological polar surface area (TPSA) is 38.1 Å². The number of hydrogen-bond acceptors (Lipinski definition) is 3. The van der Waals surface area contributed by atoms with Gasteiger partial charge in [0.25, 0.3) is 0 Å². The van der Waals surface area contributed by atoms with Gasteiger partial charge in [0.2, 0.25) is 0 Å². The molecule has 3 aromatic rings. The van der Waals surface area contributed by atoms with E-state index in [0.29, 0.717) is 6.04 Å². The summed E-state index contributed by atoms with van der Waals surface area (Å²) in [4.78, 5) is 4.34. The van der Waals surface area contributed by atoms with Gasteiger partial charge in [0.1, 0.15) is 11.5 Å². The van der Waals surface area contributed by atoms with Crippen molar-refractivity contribution in [3.8, 4) is 11.3 Å². The van der Waals surface area contributed by atoms with Crippen LogP contribution in [0.4, 0.5) is 0 Å². The summed E-state index contributed by atoms with van der Waals surface area (Å²) in [5.41, 5.74) is 2.11. The number of hydrogen-bond donors (Lipinski definition) is 1. The summed E-state index contributed by atoms with van der Waals surface area (Å²) in [7, 11) is 0. The zero-order chi connectivity index (χ0) is 13.4. The molecular weight excluding hydrogens is 248 g/mol. The molecule has 1 aliphatic rings. The fourth-order valence-electron chi connectivity index (χ4n) is 2.39. The van der Waals surface area contributed by atoms with Crippen LogP contribution in [-0.4, -0.2) is 11.0 Å². The third-order valence-corrected chi connectivity index (χ3v) is 3.69. The quantitative estimate of drug-likeness (QED) is 0.780. The van der Waals surface area contributed by atoms with Crippen LogP contribution in [0.25, 0.3) is 22.2 Å². The van der Waals surface area contributed by atoms with Crippen molar-refractivity contribution in [1.82, 2.24) is 10.3 Å². The highest BCUT2D eigenvalue weighted by Gasteiger charge is 2.20. The van der Waals surface area contributed by atoms with E-state index < -0.39 is 0 Å². The Balaban J connectivity index is 1.60. The first kappa shape index (κ1) is 11.7. The second-order valence-electron chi connectivity index (χ2n) is 5.33. The molecule has 2 heterocycles. The van der Waals surface area contributed by atoms with E-state index in [0.717, 1.165) is 34.5 Å². The Morgan fingerprint density at radius 1 is 1.15 bits per heavy atom. The van der Waals surface area contributed by atoms with Crippen molar-refractivity contribution in [1.29, 1.82) is 0 Å². The summed E-state index contributed by atoms with van der Waals surface area (Å²) in [5, 5.41) is 4.60. The number of benzene rings is 1. The fraction of sp³-hybridized carbons (Fsp3) is 0.235. The molecule has 100 valence electrons. The average molecular weight is 264 g/mol. The van der Waals surface area contributed by atoms with Crippen LogP contribution in [0.1, 0.15) is 18.6 Å². The minimum absolute atomic E-state index is 0.704. The lowest BCUT2D eigenvalue weighted by atomic mass is 10.1. The van der Waals surface area contributed by atoms with Gasteiger partial charge in [0, 0.05) is 23.2 Å². The first-order valence-corrected chi connectivity index (χ1v) is 7.06. The number of furan rings is 1. The molecule has 0 aliphatic heterocycles. The van der Waals surface area contributed by atoms with Crippen molar-refractivity contribution in [2.45, 2.75) is 25.4 Å². The zero-order valence-corrected chi connectivity index (χ0v) is 11.2. The molecule has 1 fully saturated rings. The number of aromatic nitrogens is 1. The molecule has 1 N–H and O–H groups in total. The van der Waals surface area contributed by atoms with Gasteiger partial charge in [-0.2, -0.15) is 0 Å². The first-order valence-electron chi connectivity index (χ1n) is 7.06. The average Bonchev–Trinajstić information content (AvgIpc) is 3.21. The van der Waals surface area contributed by atoms with E-state index in [1.54, 1.807) is 0 Å². The molecule has 0 saturated heterocycles. The van der Waals surface area contributed by atoms with Gasteiger partial charge >= 0.3 is 0 Å². The summed E-state index contributed by atoms with van der Waals surface area (Å²) in [5.74, 6) is 1.92. The zero-order valence-electron chi connectivity index (χ0n) is 11.2.